The molecular formula is C11H25NO. The highest BCUT2D eigenvalue weighted by molar-refractivity contribution is 4.74. The minimum Gasteiger partial charge on any atom is -0.391 e. The molecule has 0 radical (unpaired) electrons. The van der Waals surface area contributed by atoms with Crippen LogP contribution in [0, 0.1) is 11.3 Å². The van der Waals surface area contributed by atoms with Crippen LogP contribution in [0.5, 0.6) is 0 Å². The summed E-state index contributed by atoms with van der Waals surface area (Å²) < 4.78 is 0. The monoisotopic (exact) mass is 187 g/mol. The summed E-state index contributed by atoms with van der Waals surface area (Å²) in [5, 5.41) is 13.0. The highest BCUT2D eigenvalue weighted by Crippen LogP contribution is 2.18. The second-order valence-corrected chi connectivity index (χ2v) is 5.05. The largest absolute Gasteiger partial charge is 0.391 e. The van der Waals surface area contributed by atoms with Gasteiger partial charge in [-0.3, -0.25) is 0 Å². The van der Waals surface area contributed by atoms with Gasteiger partial charge in [0, 0.05) is 6.54 Å². The summed E-state index contributed by atoms with van der Waals surface area (Å²) in [5.41, 5.74) is -0.0115. The summed E-state index contributed by atoms with van der Waals surface area (Å²) in [6.07, 6.45) is 0.940. The van der Waals surface area contributed by atoms with E-state index in [0.29, 0.717) is 12.5 Å². The number of nitrogens with one attached hydrogen (secondary N) is 1. The summed E-state index contributed by atoms with van der Waals surface area (Å²) in [6.45, 7) is 12.3. The van der Waals surface area contributed by atoms with Crippen LogP contribution in [0.25, 0.3) is 0 Å². The number of aliphatic hydroxyl groups excluding tert-OH is 1. The average Bonchev–Trinajstić information content (AvgIpc) is 2.02. The Balaban J connectivity index is 3.54. The molecule has 2 heteroatoms. The Hall–Kier alpha value is -0.0800. The van der Waals surface area contributed by atoms with Gasteiger partial charge in [-0.25, -0.2) is 0 Å². The maximum absolute atomic E-state index is 9.71. The van der Waals surface area contributed by atoms with E-state index in [1.807, 2.05) is 0 Å². The van der Waals surface area contributed by atoms with Crippen molar-refractivity contribution in [2.75, 3.05) is 13.1 Å². The molecule has 0 spiro atoms. The Kier molecular flexibility index (Phi) is 5.57. The van der Waals surface area contributed by atoms with E-state index in [2.05, 4.69) is 39.9 Å². The van der Waals surface area contributed by atoms with Gasteiger partial charge in [-0.2, -0.15) is 0 Å². The first kappa shape index (κ1) is 12.9. The molecule has 0 bridgehead atoms. The number of rotatable bonds is 5. The molecule has 0 aliphatic heterocycles. The van der Waals surface area contributed by atoms with Gasteiger partial charge in [-0.15, -0.1) is 0 Å². The molecule has 0 aromatic carbocycles. The lowest BCUT2D eigenvalue weighted by Gasteiger charge is -2.26. The Labute approximate surface area is 82.7 Å². The van der Waals surface area contributed by atoms with Gasteiger partial charge in [-0.1, -0.05) is 41.0 Å². The molecule has 2 unspecified atom stereocenters. The van der Waals surface area contributed by atoms with Crippen LogP contribution in [-0.4, -0.2) is 24.3 Å². The van der Waals surface area contributed by atoms with Crippen LogP contribution in [-0.2, 0) is 0 Å². The van der Waals surface area contributed by atoms with Crippen LogP contribution in [0.3, 0.4) is 0 Å². The second kappa shape index (κ2) is 5.61. The molecule has 0 rings (SSSR count). The normalized spacial score (nSPS) is 17.1. The zero-order valence-corrected chi connectivity index (χ0v) is 9.72. The van der Waals surface area contributed by atoms with Crippen molar-refractivity contribution >= 4 is 0 Å². The van der Waals surface area contributed by atoms with Gasteiger partial charge in [0.15, 0.2) is 0 Å². The van der Waals surface area contributed by atoms with E-state index in [4.69, 9.17) is 0 Å². The molecule has 2 N–H and O–H groups in total. The zero-order chi connectivity index (χ0) is 10.5. The molecule has 2 atom stereocenters. The SMILES string of the molecule is CCC(C)CNCC(O)C(C)(C)C. The predicted molar refractivity (Wildman–Crippen MR) is 57.8 cm³/mol. The highest BCUT2D eigenvalue weighted by Gasteiger charge is 2.21. The van der Waals surface area contributed by atoms with E-state index in [0.717, 1.165) is 6.54 Å². The van der Waals surface area contributed by atoms with E-state index in [1.54, 1.807) is 0 Å². The molecule has 80 valence electrons. The second-order valence-electron chi connectivity index (χ2n) is 5.05. The zero-order valence-electron chi connectivity index (χ0n) is 9.72. The fourth-order valence-corrected chi connectivity index (χ4v) is 0.917. The van der Waals surface area contributed by atoms with Gasteiger partial charge in [0.2, 0.25) is 0 Å². The molecule has 0 saturated carbocycles. The lowest BCUT2D eigenvalue weighted by Crippen LogP contribution is -2.38. The summed E-state index contributed by atoms with van der Waals surface area (Å²) in [7, 11) is 0. The molecular weight excluding hydrogens is 162 g/mol. The van der Waals surface area contributed by atoms with Gasteiger partial charge >= 0.3 is 0 Å². The Bertz CT molecular complexity index is 129. The molecule has 0 fully saturated rings. The van der Waals surface area contributed by atoms with E-state index < -0.39 is 0 Å². The molecule has 0 heterocycles. The fraction of sp³-hybridized carbons (Fsp3) is 1.00. The van der Waals surface area contributed by atoms with Gasteiger partial charge in [0.1, 0.15) is 0 Å². The Morgan fingerprint density at radius 1 is 1.23 bits per heavy atom. The van der Waals surface area contributed by atoms with Gasteiger partial charge in [-0.05, 0) is 17.9 Å². The number of hydrogen-bond acceptors (Lipinski definition) is 2. The minimum absolute atomic E-state index is 0.0115. The summed E-state index contributed by atoms with van der Waals surface area (Å²) in [5.74, 6) is 0.701. The third-order valence-electron chi connectivity index (χ3n) is 2.53. The third-order valence-corrected chi connectivity index (χ3v) is 2.53. The molecule has 0 aliphatic rings. The number of aliphatic hydroxyl groups is 1. The van der Waals surface area contributed by atoms with Crippen LogP contribution in [0.1, 0.15) is 41.0 Å². The molecule has 0 aromatic heterocycles. The Morgan fingerprint density at radius 2 is 1.77 bits per heavy atom. The lowest BCUT2D eigenvalue weighted by atomic mass is 9.89. The van der Waals surface area contributed by atoms with Crippen molar-refractivity contribution in [3.63, 3.8) is 0 Å². The average molecular weight is 187 g/mol. The van der Waals surface area contributed by atoms with Crippen molar-refractivity contribution in [1.82, 2.24) is 5.32 Å². The summed E-state index contributed by atoms with van der Waals surface area (Å²) in [4.78, 5) is 0. The van der Waals surface area contributed by atoms with Crippen molar-refractivity contribution < 1.29 is 5.11 Å². The van der Waals surface area contributed by atoms with E-state index in [-0.39, 0.29) is 11.5 Å². The van der Waals surface area contributed by atoms with Gasteiger partial charge in [0.05, 0.1) is 6.10 Å². The topological polar surface area (TPSA) is 32.3 Å². The standard InChI is InChI=1S/C11H25NO/c1-6-9(2)7-12-8-10(13)11(3,4)5/h9-10,12-13H,6-8H2,1-5H3. The number of hydrogen-bond donors (Lipinski definition) is 2. The quantitative estimate of drug-likeness (QED) is 0.690. The van der Waals surface area contributed by atoms with Gasteiger partial charge in [0.25, 0.3) is 0 Å². The van der Waals surface area contributed by atoms with Crippen LogP contribution in [0.15, 0.2) is 0 Å². The van der Waals surface area contributed by atoms with Crippen LogP contribution in [0.2, 0.25) is 0 Å². The third kappa shape index (κ3) is 6.05. The first-order valence-corrected chi connectivity index (χ1v) is 5.26. The van der Waals surface area contributed by atoms with Crippen molar-refractivity contribution in [1.29, 1.82) is 0 Å². The summed E-state index contributed by atoms with van der Waals surface area (Å²) >= 11 is 0. The van der Waals surface area contributed by atoms with Crippen molar-refractivity contribution in [2.45, 2.75) is 47.1 Å². The van der Waals surface area contributed by atoms with E-state index in [9.17, 15) is 5.11 Å². The van der Waals surface area contributed by atoms with Crippen molar-refractivity contribution in [2.24, 2.45) is 11.3 Å². The highest BCUT2D eigenvalue weighted by atomic mass is 16.3. The molecule has 2 nitrogen and oxygen atoms in total. The summed E-state index contributed by atoms with van der Waals surface area (Å²) in [6, 6.07) is 0. The van der Waals surface area contributed by atoms with Crippen LogP contribution < -0.4 is 5.32 Å². The lowest BCUT2D eigenvalue weighted by molar-refractivity contribution is 0.0623. The van der Waals surface area contributed by atoms with E-state index in [1.165, 1.54) is 6.42 Å². The molecule has 0 amide bonds. The van der Waals surface area contributed by atoms with Gasteiger partial charge < -0.3 is 10.4 Å². The predicted octanol–water partition coefficient (Wildman–Crippen LogP) is 2.03. The molecule has 0 aromatic rings. The molecule has 0 saturated heterocycles. The fourth-order valence-electron chi connectivity index (χ4n) is 0.917. The maximum atomic E-state index is 9.71. The molecule has 0 aliphatic carbocycles. The van der Waals surface area contributed by atoms with E-state index >= 15 is 0 Å². The smallest absolute Gasteiger partial charge is 0.0712 e. The van der Waals surface area contributed by atoms with Crippen molar-refractivity contribution in [3.05, 3.63) is 0 Å². The maximum Gasteiger partial charge on any atom is 0.0712 e. The van der Waals surface area contributed by atoms with Crippen LogP contribution in [0.4, 0.5) is 0 Å². The first-order chi connectivity index (χ1) is 5.88. The Morgan fingerprint density at radius 3 is 2.15 bits per heavy atom. The van der Waals surface area contributed by atoms with Crippen molar-refractivity contribution in [3.8, 4) is 0 Å². The minimum atomic E-state index is -0.253. The molecule has 13 heavy (non-hydrogen) atoms. The van der Waals surface area contributed by atoms with Crippen LogP contribution >= 0.6 is 0 Å². The first-order valence-electron chi connectivity index (χ1n) is 5.26.